The molecule has 0 saturated carbocycles. The molecule has 0 bridgehead atoms. The number of carbonyl (C=O) groups excluding carboxylic acids is 2. The van der Waals surface area contributed by atoms with E-state index in [1.54, 1.807) is 6.20 Å². The summed E-state index contributed by atoms with van der Waals surface area (Å²) in [6.07, 6.45) is 5.04. The third-order valence-electron chi connectivity index (χ3n) is 5.50. The molecule has 156 valence electrons. The van der Waals surface area contributed by atoms with E-state index in [2.05, 4.69) is 31.0 Å². The molecule has 0 N–H and O–H groups in total. The molecule has 1 fully saturated rings. The summed E-state index contributed by atoms with van der Waals surface area (Å²) in [5.41, 5.74) is 3.51. The summed E-state index contributed by atoms with van der Waals surface area (Å²) in [5.74, 6) is -0.143. The van der Waals surface area contributed by atoms with E-state index in [4.69, 9.17) is 4.74 Å². The number of ether oxygens (including phenoxy) is 1. The van der Waals surface area contributed by atoms with Crippen LogP contribution in [0.25, 0.3) is 5.69 Å². The monoisotopic (exact) mass is 415 g/mol. The van der Waals surface area contributed by atoms with Crippen LogP contribution in [0.2, 0.25) is 0 Å². The van der Waals surface area contributed by atoms with E-state index >= 15 is 0 Å². The minimum absolute atomic E-state index is 0.0906. The number of piperidine rings is 1. The number of likely N-dealkylation sites (tertiary alicyclic amines) is 1. The van der Waals surface area contributed by atoms with Crippen LogP contribution in [0.1, 0.15) is 37.8 Å². The average molecular weight is 416 g/mol. The smallest absolute Gasteiger partial charge is 0.309 e. The van der Waals surface area contributed by atoms with Gasteiger partial charge in [0.15, 0.2) is 5.16 Å². The Hall–Kier alpha value is -2.28. The number of hydrogen-bond acceptors (Lipinski definition) is 5. The molecular formula is C22H29N3O3S. The number of rotatable bonds is 6. The van der Waals surface area contributed by atoms with Gasteiger partial charge in [-0.3, -0.25) is 14.2 Å². The molecule has 2 heterocycles. The zero-order valence-electron chi connectivity index (χ0n) is 17.6. The van der Waals surface area contributed by atoms with Gasteiger partial charge in [-0.1, -0.05) is 23.9 Å². The Morgan fingerprint density at radius 3 is 2.69 bits per heavy atom. The van der Waals surface area contributed by atoms with Crippen LogP contribution in [0.4, 0.5) is 0 Å². The van der Waals surface area contributed by atoms with Crippen LogP contribution in [0, 0.1) is 19.8 Å². The van der Waals surface area contributed by atoms with Gasteiger partial charge in [-0.05, 0) is 57.7 Å². The highest BCUT2D eigenvalue weighted by molar-refractivity contribution is 8.00. The zero-order valence-corrected chi connectivity index (χ0v) is 18.4. The number of benzene rings is 1. The third kappa shape index (κ3) is 4.83. The molecule has 1 aliphatic heterocycles. The van der Waals surface area contributed by atoms with Crippen molar-refractivity contribution in [1.29, 1.82) is 0 Å². The lowest BCUT2D eigenvalue weighted by molar-refractivity contribution is -0.151. The molecular weight excluding hydrogens is 386 g/mol. The minimum Gasteiger partial charge on any atom is -0.466 e. The summed E-state index contributed by atoms with van der Waals surface area (Å²) in [6.45, 7) is 9.52. The van der Waals surface area contributed by atoms with Crippen molar-refractivity contribution in [3.63, 3.8) is 0 Å². The first-order valence-electron chi connectivity index (χ1n) is 10.1. The molecule has 7 heteroatoms. The highest BCUT2D eigenvalue weighted by Crippen LogP contribution is 2.29. The van der Waals surface area contributed by atoms with Gasteiger partial charge in [-0.25, -0.2) is 4.98 Å². The Balaban J connectivity index is 1.64. The van der Waals surface area contributed by atoms with Gasteiger partial charge in [-0.2, -0.15) is 0 Å². The molecule has 1 aromatic carbocycles. The molecule has 1 saturated heterocycles. The quantitative estimate of drug-likeness (QED) is 0.531. The van der Waals surface area contributed by atoms with Gasteiger partial charge in [0.25, 0.3) is 0 Å². The Kier molecular flexibility index (Phi) is 7.00. The standard InChI is InChI=1S/C22H29N3O3S/c1-5-28-21(27)18-9-12-24(13-10-18)20(26)17(4)29-22-23-11-14-25(22)19-8-6-7-15(2)16(19)3/h6-8,11,14,17-18H,5,9-10,12-13H2,1-4H3/t17-/m0/s1. The SMILES string of the molecule is CCOC(=O)C1CCN(C(=O)[C@H](C)Sc2nccn2-c2cccc(C)c2C)CC1. The normalized spacial score (nSPS) is 15.9. The maximum atomic E-state index is 12.9. The van der Waals surface area contributed by atoms with Gasteiger partial charge in [0.2, 0.25) is 5.91 Å². The fourth-order valence-electron chi connectivity index (χ4n) is 3.62. The van der Waals surface area contributed by atoms with Crippen molar-refractivity contribution in [2.45, 2.75) is 50.9 Å². The van der Waals surface area contributed by atoms with Crippen LogP contribution in [-0.4, -0.2) is 51.3 Å². The van der Waals surface area contributed by atoms with Crippen LogP contribution in [0.3, 0.4) is 0 Å². The Morgan fingerprint density at radius 2 is 2.00 bits per heavy atom. The van der Waals surface area contributed by atoms with E-state index in [-0.39, 0.29) is 23.0 Å². The van der Waals surface area contributed by atoms with Gasteiger partial charge < -0.3 is 9.64 Å². The second-order valence-electron chi connectivity index (χ2n) is 7.41. The summed E-state index contributed by atoms with van der Waals surface area (Å²) in [6, 6.07) is 6.20. The van der Waals surface area contributed by atoms with E-state index in [0.29, 0.717) is 32.5 Å². The first-order valence-corrected chi connectivity index (χ1v) is 11.0. The lowest BCUT2D eigenvalue weighted by atomic mass is 9.97. The zero-order chi connectivity index (χ0) is 21.0. The fraction of sp³-hybridized carbons (Fsp3) is 0.500. The second kappa shape index (κ2) is 9.48. The third-order valence-corrected chi connectivity index (χ3v) is 6.57. The topological polar surface area (TPSA) is 64.4 Å². The summed E-state index contributed by atoms with van der Waals surface area (Å²) in [7, 11) is 0. The number of esters is 1. The molecule has 1 amide bonds. The van der Waals surface area contributed by atoms with Crippen LogP contribution in [-0.2, 0) is 14.3 Å². The summed E-state index contributed by atoms with van der Waals surface area (Å²) in [4.78, 5) is 31.2. The van der Waals surface area contributed by atoms with Crippen molar-refractivity contribution in [2.24, 2.45) is 5.92 Å². The highest BCUT2D eigenvalue weighted by Gasteiger charge is 2.30. The van der Waals surface area contributed by atoms with Crippen LogP contribution in [0.5, 0.6) is 0 Å². The number of aryl methyl sites for hydroxylation is 1. The Labute approximate surface area is 176 Å². The fourth-order valence-corrected chi connectivity index (χ4v) is 4.58. The number of nitrogens with zero attached hydrogens (tertiary/aromatic N) is 3. The highest BCUT2D eigenvalue weighted by atomic mass is 32.2. The van der Waals surface area contributed by atoms with Crippen molar-refractivity contribution in [3.8, 4) is 5.69 Å². The molecule has 1 aliphatic rings. The molecule has 2 aromatic rings. The van der Waals surface area contributed by atoms with Gasteiger partial charge in [-0.15, -0.1) is 0 Å². The van der Waals surface area contributed by atoms with Crippen LogP contribution >= 0.6 is 11.8 Å². The molecule has 29 heavy (non-hydrogen) atoms. The minimum atomic E-state index is -0.250. The number of aromatic nitrogens is 2. The molecule has 6 nitrogen and oxygen atoms in total. The summed E-state index contributed by atoms with van der Waals surface area (Å²) < 4.78 is 7.16. The average Bonchev–Trinajstić information content (AvgIpc) is 3.17. The summed E-state index contributed by atoms with van der Waals surface area (Å²) in [5, 5.41) is 0.557. The van der Waals surface area contributed by atoms with Crippen molar-refractivity contribution < 1.29 is 14.3 Å². The van der Waals surface area contributed by atoms with Crippen molar-refractivity contribution in [3.05, 3.63) is 41.7 Å². The number of carbonyl (C=O) groups is 2. The van der Waals surface area contributed by atoms with Crippen molar-refractivity contribution >= 4 is 23.6 Å². The van der Waals surface area contributed by atoms with E-state index in [1.807, 2.05) is 35.6 Å². The van der Waals surface area contributed by atoms with Crippen molar-refractivity contribution in [1.82, 2.24) is 14.5 Å². The van der Waals surface area contributed by atoms with E-state index in [9.17, 15) is 9.59 Å². The maximum absolute atomic E-state index is 12.9. The maximum Gasteiger partial charge on any atom is 0.309 e. The second-order valence-corrected chi connectivity index (χ2v) is 8.72. The van der Waals surface area contributed by atoms with Crippen LogP contribution in [0.15, 0.2) is 35.7 Å². The molecule has 0 unspecified atom stereocenters. The van der Waals surface area contributed by atoms with Crippen LogP contribution < -0.4 is 0 Å². The van der Waals surface area contributed by atoms with Crippen molar-refractivity contribution in [2.75, 3.05) is 19.7 Å². The number of imidazole rings is 1. The Morgan fingerprint density at radius 1 is 1.28 bits per heavy atom. The number of thioether (sulfide) groups is 1. The molecule has 3 rings (SSSR count). The predicted molar refractivity (Wildman–Crippen MR) is 114 cm³/mol. The lowest BCUT2D eigenvalue weighted by Crippen LogP contribution is -2.43. The van der Waals surface area contributed by atoms with Gasteiger partial charge in [0.1, 0.15) is 0 Å². The van der Waals surface area contributed by atoms with Gasteiger partial charge in [0, 0.05) is 25.5 Å². The van der Waals surface area contributed by atoms with E-state index in [1.165, 1.54) is 22.9 Å². The predicted octanol–water partition coefficient (Wildman–Crippen LogP) is 3.77. The first kappa shape index (κ1) is 21.4. The molecule has 0 spiro atoms. The largest absolute Gasteiger partial charge is 0.466 e. The molecule has 1 atom stereocenters. The molecule has 0 aliphatic carbocycles. The number of hydrogen-bond donors (Lipinski definition) is 0. The lowest BCUT2D eigenvalue weighted by Gasteiger charge is -2.32. The van der Waals surface area contributed by atoms with E-state index in [0.717, 1.165) is 10.8 Å². The van der Waals surface area contributed by atoms with Gasteiger partial charge in [0.05, 0.1) is 23.5 Å². The Bertz CT molecular complexity index is 872. The number of amides is 1. The first-order chi connectivity index (χ1) is 13.9. The molecule has 0 radical (unpaired) electrons. The van der Waals surface area contributed by atoms with Gasteiger partial charge >= 0.3 is 5.97 Å². The summed E-state index contributed by atoms with van der Waals surface area (Å²) >= 11 is 1.47. The van der Waals surface area contributed by atoms with E-state index < -0.39 is 0 Å². The molecule has 1 aromatic heterocycles.